The van der Waals surface area contributed by atoms with E-state index in [9.17, 15) is 4.39 Å². The smallest absolute Gasteiger partial charge is 0.135 e. The molecule has 36 heavy (non-hydrogen) atoms. The van der Waals surface area contributed by atoms with Crippen LogP contribution in [0.2, 0.25) is 0 Å². The van der Waals surface area contributed by atoms with Crippen molar-refractivity contribution < 1.29 is 17.9 Å². The SMILES string of the molecule is C[C@@H]1Cc2c([nH]c3ccccc23)[C@@H](c2c(F)cc(OCCN3CC(CF)C3)cc2F)N1CC(C)(C)C. The molecule has 4 nitrogen and oxygen atoms in total. The molecular formula is C29H36F3N3O. The van der Waals surface area contributed by atoms with E-state index in [0.29, 0.717) is 32.8 Å². The molecule has 0 saturated carbocycles. The van der Waals surface area contributed by atoms with Crippen molar-refractivity contribution in [2.75, 3.05) is 39.5 Å². The molecule has 2 aliphatic heterocycles. The molecule has 2 aromatic carbocycles. The molecule has 1 fully saturated rings. The number of hydrogen-bond donors (Lipinski definition) is 1. The first-order chi connectivity index (χ1) is 17.1. The number of nitrogens with zero attached hydrogens (tertiary/aromatic N) is 2. The van der Waals surface area contributed by atoms with Gasteiger partial charge in [0.05, 0.1) is 12.7 Å². The third-order valence-corrected chi connectivity index (χ3v) is 7.43. The quantitative estimate of drug-likeness (QED) is 0.426. The van der Waals surface area contributed by atoms with Crippen molar-refractivity contribution in [2.24, 2.45) is 11.3 Å². The van der Waals surface area contributed by atoms with E-state index in [1.54, 1.807) is 0 Å². The monoisotopic (exact) mass is 499 g/mol. The summed E-state index contributed by atoms with van der Waals surface area (Å²) < 4.78 is 49.8. The van der Waals surface area contributed by atoms with E-state index in [2.05, 4.69) is 48.5 Å². The number of likely N-dealkylation sites (tertiary alicyclic amines) is 1. The van der Waals surface area contributed by atoms with E-state index >= 15 is 8.78 Å². The van der Waals surface area contributed by atoms with Crippen LogP contribution >= 0.6 is 0 Å². The molecule has 1 saturated heterocycles. The van der Waals surface area contributed by atoms with Crippen molar-refractivity contribution in [2.45, 2.75) is 46.2 Å². The van der Waals surface area contributed by atoms with E-state index in [-0.39, 0.29) is 35.4 Å². The first-order valence-electron chi connectivity index (χ1n) is 12.9. The van der Waals surface area contributed by atoms with Gasteiger partial charge in [0, 0.05) is 72.4 Å². The predicted octanol–water partition coefficient (Wildman–Crippen LogP) is 6.11. The van der Waals surface area contributed by atoms with Gasteiger partial charge in [-0.2, -0.15) is 0 Å². The van der Waals surface area contributed by atoms with E-state index in [1.807, 2.05) is 18.2 Å². The maximum Gasteiger partial charge on any atom is 0.135 e. The van der Waals surface area contributed by atoms with Crippen LogP contribution in [0.5, 0.6) is 5.75 Å². The van der Waals surface area contributed by atoms with Gasteiger partial charge in [-0.05, 0) is 30.4 Å². The lowest BCUT2D eigenvalue weighted by Gasteiger charge is -2.44. The molecule has 7 heteroatoms. The second-order valence-electron chi connectivity index (χ2n) is 11.7. The zero-order valence-electron chi connectivity index (χ0n) is 21.6. The van der Waals surface area contributed by atoms with Crippen molar-refractivity contribution in [3.05, 3.63) is 64.9 Å². The zero-order chi connectivity index (χ0) is 25.6. The fraction of sp³-hybridized carbons (Fsp3) is 0.517. The molecule has 0 spiro atoms. The van der Waals surface area contributed by atoms with Gasteiger partial charge in [0.25, 0.3) is 0 Å². The average molecular weight is 500 g/mol. The summed E-state index contributed by atoms with van der Waals surface area (Å²) in [4.78, 5) is 7.81. The maximum absolute atomic E-state index is 15.7. The van der Waals surface area contributed by atoms with Gasteiger partial charge in [-0.1, -0.05) is 39.0 Å². The van der Waals surface area contributed by atoms with Crippen molar-refractivity contribution in [1.82, 2.24) is 14.8 Å². The first kappa shape index (κ1) is 25.2. The highest BCUT2D eigenvalue weighted by Gasteiger charge is 2.40. The number of para-hydroxylation sites is 1. The highest BCUT2D eigenvalue weighted by molar-refractivity contribution is 5.85. The number of ether oxygens (including phenoxy) is 1. The molecule has 0 bridgehead atoms. The first-order valence-corrected chi connectivity index (χ1v) is 12.9. The Labute approximate surface area is 211 Å². The number of aromatic nitrogens is 1. The summed E-state index contributed by atoms with van der Waals surface area (Å²) in [5.74, 6) is -0.926. The average Bonchev–Trinajstić information content (AvgIpc) is 3.14. The van der Waals surface area contributed by atoms with E-state index in [0.717, 1.165) is 28.6 Å². The lowest BCUT2D eigenvalue weighted by atomic mass is 9.85. The number of aromatic amines is 1. The summed E-state index contributed by atoms with van der Waals surface area (Å²) in [5.41, 5.74) is 2.99. The van der Waals surface area contributed by atoms with Gasteiger partial charge in [-0.3, -0.25) is 14.2 Å². The van der Waals surface area contributed by atoms with Crippen molar-refractivity contribution >= 4 is 10.9 Å². The number of rotatable bonds is 7. The topological polar surface area (TPSA) is 31.5 Å². The van der Waals surface area contributed by atoms with Crippen LogP contribution in [0.15, 0.2) is 36.4 Å². The van der Waals surface area contributed by atoms with Crippen LogP contribution in [0.1, 0.15) is 50.6 Å². The minimum Gasteiger partial charge on any atom is -0.492 e. The Morgan fingerprint density at radius 1 is 1.08 bits per heavy atom. The van der Waals surface area contributed by atoms with Gasteiger partial charge in [-0.15, -0.1) is 0 Å². The highest BCUT2D eigenvalue weighted by atomic mass is 19.1. The van der Waals surface area contributed by atoms with Crippen LogP contribution < -0.4 is 4.74 Å². The molecule has 1 N–H and O–H groups in total. The Hall–Kier alpha value is -2.51. The molecule has 0 unspecified atom stereocenters. The standard InChI is InChI=1S/C29H36F3N3O/c1-18-11-22-21-7-5-6-8-25(21)33-27(22)28(35(18)17-29(2,3)4)26-23(31)12-20(13-24(26)32)36-10-9-34-15-19(14-30)16-34/h5-8,12-13,18-19,28,33H,9-11,14-17H2,1-4H3/t18-,28-/m1/s1. The molecule has 0 aliphatic carbocycles. The summed E-state index contributed by atoms with van der Waals surface area (Å²) in [5, 5.41) is 1.11. The summed E-state index contributed by atoms with van der Waals surface area (Å²) in [6, 6.07) is 10.2. The second kappa shape index (κ2) is 9.75. The number of alkyl halides is 1. The lowest BCUT2D eigenvalue weighted by molar-refractivity contribution is 0.0667. The van der Waals surface area contributed by atoms with Crippen LogP contribution in [0, 0.1) is 23.0 Å². The van der Waals surface area contributed by atoms with Gasteiger partial charge < -0.3 is 9.72 Å². The molecule has 2 atom stereocenters. The fourth-order valence-corrected chi connectivity index (χ4v) is 5.77. The Morgan fingerprint density at radius 3 is 2.44 bits per heavy atom. The summed E-state index contributed by atoms with van der Waals surface area (Å²) >= 11 is 0. The Morgan fingerprint density at radius 2 is 1.78 bits per heavy atom. The molecule has 3 heterocycles. The van der Waals surface area contributed by atoms with Crippen molar-refractivity contribution in [3.63, 3.8) is 0 Å². The third kappa shape index (κ3) is 4.88. The van der Waals surface area contributed by atoms with Crippen LogP contribution in [-0.2, 0) is 6.42 Å². The number of fused-ring (bicyclic) bond motifs is 3. The molecule has 2 aliphatic rings. The van der Waals surface area contributed by atoms with E-state index < -0.39 is 17.7 Å². The number of nitrogens with one attached hydrogen (secondary N) is 1. The lowest BCUT2D eigenvalue weighted by Crippen LogP contribution is -2.49. The molecule has 0 amide bonds. The molecular weight excluding hydrogens is 463 g/mol. The van der Waals surface area contributed by atoms with Gasteiger partial charge in [0.1, 0.15) is 24.0 Å². The van der Waals surface area contributed by atoms with E-state index in [4.69, 9.17) is 4.74 Å². The van der Waals surface area contributed by atoms with Crippen LogP contribution in [-0.4, -0.2) is 60.3 Å². The molecule has 194 valence electrons. The normalized spacial score (nSPS) is 21.5. The highest BCUT2D eigenvalue weighted by Crippen LogP contribution is 2.44. The number of benzene rings is 2. The van der Waals surface area contributed by atoms with Gasteiger partial charge in [0.2, 0.25) is 0 Å². The Kier molecular flexibility index (Phi) is 6.81. The number of halogens is 3. The largest absolute Gasteiger partial charge is 0.492 e. The summed E-state index contributed by atoms with van der Waals surface area (Å²) in [6.07, 6.45) is 0.816. The molecule has 1 aromatic heterocycles. The van der Waals surface area contributed by atoms with Crippen molar-refractivity contribution in [1.29, 1.82) is 0 Å². The van der Waals surface area contributed by atoms with Crippen LogP contribution in [0.4, 0.5) is 13.2 Å². The van der Waals surface area contributed by atoms with Gasteiger partial charge >= 0.3 is 0 Å². The maximum atomic E-state index is 15.7. The predicted molar refractivity (Wildman–Crippen MR) is 137 cm³/mol. The summed E-state index contributed by atoms with van der Waals surface area (Å²) in [7, 11) is 0. The van der Waals surface area contributed by atoms with Crippen molar-refractivity contribution in [3.8, 4) is 5.75 Å². The van der Waals surface area contributed by atoms with E-state index in [1.165, 1.54) is 12.1 Å². The Balaban J connectivity index is 1.47. The molecule has 0 radical (unpaired) electrons. The zero-order valence-corrected chi connectivity index (χ0v) is 21.6. The van der Waals surface area contributed by atoms with Gasteiger partial charge in [0.15, 0.2) is 0 Å². The van der Waals surface area contributed by atoms with Gasteiger partial charge in [-0.25, -0.2) is 8.78 Å². The minimum atomic E-state index is -0.603. The molecule has 3 aromatic rings. The number of hydrogen-bond acceptors (Lipinski definition) is 3. The number of H-pyrrole nitrogens is 1. The summed E-state index contributed by atoms with van der Waals surface area (Å²) in [6.45, 7) is 11.3. The fourth-order valence-electron chi connectivity index (χ4n) is 5.77. The van der Waals surface area contributed by atoms with Crippen LogP contribution in [0.3, 0.4) is 0 Å². The second-order valence-corrected chi connectivity index (χ2v) is 11.7. The third-order valence-electron chi connectivity index (χ3n) is 7.43. The molecule has 5 rings (SSSR count). The minimum absolute atomic E-state index is 0.0515. The Bertz CT molecular complexity index is 1210. The van der Waals surface area contributed by atoms with Crippen LogP contribution in [0.25, 0.3) is 10.9 Å².